The van der Waals surface area contributed by atoms with Crippen LogP contribution in [0, 0.1) is 0 Å². The normalized spacial score (nSPS) is 10.6. The maximum absolute atomic E-state index is 12.2. The minimum Gasteiger partial charge on any atom is -0.493 e. The number of ether oxygens (including phenoxy) is 2. The highest BCUT2D eigenvalue weighted by molar-refractivity contribution is 9.10. The Hall–Kier alpha value is -3.65. The van der Waals surface area contributed by atoms with Crippen molar-refractivity contribution in [2.45, 2.75) is 6.61 Å². The Balaban J connectivity index is 1.65. The number of halogens is 1. The van der Waals surface area contributed by atoms with E-state index in [0.29, 0.717) is 27.1 Å². The summed E-state index contributed by atoms with van der Waals surface area (Å²) in [6, 6.07) is 18.8. The number of nitrogens with one attached hydrogen (secondary N) is 1. The number of carbonyl (C=O) groups is 2. The van der Waals surface area contributed by atoms with Crippen LogP contribution >= 0.6 is 15.9 Å². The molecule has 0 aromatic heterocycles. The van der Waals surface area contributed by atoms with E-state index >= 15 is 0 Å². The van der Waals surface area contributed by atoms with Crippen molar-refractivity contribution in [1.82, 2.24) is 5.43 Å². The Labute approximate surface area is 187 Å². The minimum atomic E-state index is -0.991. The summed E-state index contributed by atoms with van der Waals surface area (Å²) in [4.78, 5) is 23.3. The maximum atomic E-state index is 12.2. The summed E-state index contributed by atoms with van der Waals surface area (Å²) in [6.07, 6.45) is 1.50. The van der Waals surface area contributed by atoms with Crippen LogP contribution in [0.4, 0.5) is 0 Å². The van der Waals surface area contributed by atoms with Crippen LogP contribution < -0.4 is 14.9 Å². The van der Waals surface area contributed by atoms with Crippen molar-refractivity contribution >= 4 is 34.0 Å². The number of benzene rings is 3. The molecule has 3 aromatic rings. The van der Waals surface area contributed by atoms with Gasteiger partial charge in [-0.3, -0.25) is 4.79 Å². The first-order valence-corrected chi connectivity index (χ1v) is 9.98. The fourth-order valence-electron chi connectivity index (χ4n) is 2.71. The number of hydrogen-bond acceptors (Lipinski definition) is 5. The number of carboxylic acid groups (broad SMARTS) is 1. The molecule has 0 fully saturated rings. The van der Waals surface area contributed by atoms with Crippen LogP contribution in [0.25, 0.3) is 0 Å². The predicted molar refractivity (Wildman–Crippen MR) is 120 cm³/mol. The van der Waals surface area contributed by atoms with Gasteiger partial charge in [0.25, 0.3) is 5.91 Å². The van der Waals surface area contributed by atoms with Crippen molar-refractivity contribution in [2.75, 3.05) is 7.11 Å². The Morgan fingerprint density at radius 2 is 1.87 bits per heavy atom. The molecule has 0 radical (unpaired) electrons. The van der Waals surface area contributed by atoms with Gasteiger partial charge in [0.05, 0.1) is 24.5 Å². The lowest BCUT2D eigenvalue weighted by Gasteiger charge is -2.11. The summed E-state index contributed by atoms with van der Waals surface area (Å²) in [5.41, 5.74) is 4.58. The molecule has 0 aliphatic carbocycles. The number of rotatable bonds is 8. The quantitative estimate of drug-likeness (QED) is 0.363. The zero-order chi connectivity index (χ0) is 22.2. The first kappa shape index (κ1) is 22.0. The lowest BCUT2D eigenvalue weighted by molar-refractivity contribution is 0.0696. The molecule has 31 heavy (non-hydrogen) atoms. The smallest absolute Gasteiger partial charge is 0.335 e. The SMILES string of the molecule is COc1cc(/C=N\NC(=O)c2ccccc2Br)ccc1OCc1cccc(C(=O)O)c1. The molecule has 158 valence electrons. The molecule has 3 rings (SSSR count). The molecule has 3 aromatic carbocycles. The van der Waals surface area contributed by atoms with Crippen LogP contribution in [0.1, 0.15) is 31.8 Å². The second kappa shape index (κ2) is 10.4. The predicted octanol–water partition coefficient (Wildman–Crippen LogP) is 4.50. The standard InChI is InChI=1S/C23H19BrN2O5/c1-30-21-12-15(13-25-26-22(27)18-7-2-3-8-19(18)24)9-10-20(21)31-14-16-5-4-6-17(11-16)23(28)29/h2-13H,14H2,1H3,(H,26,27)(H,28,29)/b25-13-. The lowest BCUT2D eigenvalue weighted by Crippen LogP contribution is -2.18. The van der Waals surface area contributed by atoms with Gasteiger partial charge in [-0.1, -0.05) is 24.3 Å². The molecule has 0 aliphatic rings. The van der Waals surface area contributed by atoms with E-state index in [0.717, 1.165) is 5.56 Å². The van der Waals surface area contributed by atoms with E-state index in [1.54, 1.807) is 54.6 Å². The molecule has 0 bridgehead atoms. The second-order valence-corrected chi connectivity index (χ2v) is 7.24. The van der Waals surface area contributed by atoms with Gasteiger partial charge in [0.2, 0.25) is 0 Å². The van der Waals surface area contributed by atoms with Crippen molar-refractivity contribution < 1.29 is 24.2 Å². The first-order chi connectivity index (χ1) is 15.0. The molecular formula is C23H19BrN2O5. The van der Waals surface area contributed by atoms with Crippen LogP contribution in [-0.2, 0) is 6.61 Å². The topological polar surface area (TPSA) is 97.2 Å². The molecular weight excluding hydrogens is 464 g/mol. The van der Waals surface area contributed by atoms with Gasteiger partial charge >= 0.3 is 5.97 Å². The van der Waals surface area contributed by atoms with Gasteiger partial charge in [0.15, 0.2) is 11.5 Å². The van der Waals surface area contributed by atoms with Crippen molar-refractivity contribution in [1.29, 1.82) is 0 Å². The molecule has 0 unspecified atom stereocenters. The van der Waals surface area contributed by atoms with E-state index in [-0.39, 0.29) is 18.1 Å². The van der Waals surface area contributed by atoms with Gasteiger partial charge in [-0.15, -0.1) is 0 Å². The van der Waals surface area contributed by atoms with Crippen molar-refractivity contribution in [2.24, 2.45) is 5.10 Å². The molecule has 1 amide bonds. The molecule has 8 heteroatoms. The van der Waals surface area contributed by atoms with E-state index in [2.05, 4.69) is 26.5 Å². The number of carbonyl (C=O) groups excluding carboxylic acids is 1. The first-order valence-electron chi connectivity index (χ1n) is 9.19. The zero-order valence-corrected chi connectivity index (χ0v) is 18.1. The van der Waals surface area contributed by atoms with Gasteiger partial charge in [0, 0.05) is 4.47 Å². The van der Waals surface area contributed by atoms with Crippen molar-refractivity contribution in [3.63, 3.8) is 0 Å². The number of aromatic carboxylic acids is 1. The Kier molecular flexibility index (Phi) is 7.40. The average Bonchev–Trinajstić information content (AvgIpc) is 2.78. The third-order valence-corrected chi connectivity index (χ3v) is 4.95. The third-order valence-electron chi connectivity index (χ3n) is 4.25. The van der Waals surface area contributed by atoms with E-state index in [1.807, 2.05) is 6.07 Å². The molecule has 0 saturated carbocycles. The summed E-state index contributed by atoms with van der Waals surface area (Å²) >= 11 is 3.33. The molecule has 0 saturated heterocycles. The van der Waals surface area contributed by atoms with Crippen LogP contribution in [0.3, 0.4) is 0 Å². The number of carboxylic acids is 1. The number of methoxy groups -OCH3 is 1. The third kappa shape index (κ3) is 5.93. The van der Waals surface area contributed by atoms with Gasteiger partial charge in [-0.05, 0) is 69.5 Å². The van der Waals surface area contributed by atoms with E-state index < -0.39 is 5.97 Å². The fraction of sp³-hybridized carbons (Fsp3) is 0.0870. The average molecular weight is 483 g/mol. The van der Waals surface area contributed by atoms with Crippen LogP contribution in [0.2, 0.25) is 0 Å². The molecule has 0 heterocycles. The lowest BCUT2D eigenvalue weighted by atomic mass is 10.1. The van der Waals surface area contributed by atoms with Crippen molar-refractivity contribution in [3.05, 3.63) is 93.5 Å². The largest absolute Gasteiger partial charge is 0.493 e. The Bertz CT molecular complexity index is 1130. The van der Waals surface area contributed by atoms with Gasteiger partial charge in [0.1, 0.15) is 6.61 Å². The van der Waals surface area contributed by atoms with Crippen molar-refractivity contribution in [3.8, 4) is 11.5 Å². The monoisotopic (exact) mass is 482 g/mol. The zero-order valence-electron chi connectivity index (χ0n) is 16.5. The fourth-order valence-corrected chi connectivity index (χ4v) is 3.17. The Morgan fingerprint density at radius 3 is 2.61 bits per heavy atom. The molecule has 0 atom stereocenters. The highest BCUT2D eigenvalue weighted by Crippen LogP contribution is 2.28. The number of amides is 1. The van der Waals surface area contributed by atoms with Gasteiger partial charge in [-0.25, -0.2) is 10.2 Å². The summed E-state index contributed by atoms with van der Waals surface area (Å²) in [5, 5.41) is 13.1. The summed E-state index contributed by atoms with van der Waals surface area (Å²) in [7, 11) is 1.52. The number of nitrogens with zero attached hydrogens (tertiary/aromatic N) is 1. The summed E-state index contributed by atoms with van der Waals surface area (Å²) in [5.74, 6) is -0.345. The van der Waals surface area contributed by atoms with E-state index in [4.69, 9.17) is 14.6 Å². The maximum Gasteiger partial charge on any atom is 0.335 e. The molecule has 0 spiro atoms. The molecule has 7 nitrogen and oxygen atoms in total. The summed E-state index contributed by atoms with van der Waals surface area (Å²) < 4.78 is 11.8. The highest BCUT2D eigenvalue weighted by atomic mass is 79.9. The van der Waals surface area contributed by atoms with Gasteiger partial charge < -0.3 is 14.6 Å². The van der Waals surface area contributed by atoms with Crippen LogP contribution in [0.15, 0.2) is 76.3 Å². The number of hydrazone groups is 1. The summed E-state index contributed by atoms with van der Waals surface area (Å²) in [6.45, 7) is 0.187. The number of hydrogen-bond donors (Lipinski definition) is 2. The second-order valence-electron chi connectivity index (χ2n) is 6.38. The van der Waals surface area contributed by atoms with E-state index in [9.17, 15) is 9.59 Å². The highest BCUT2D eigenvalue weighted by Gasteiger charge is 2.09. The minimum absolute atomic E-state index is 0.187. The van der Waals surface area contributed by atoms with Crippen LogP contribution in [0.5, 0.6) is 11.5 Å². The molecule has 2 N–H and O–H groups in total. The molecule has 0 aliphatic heterocycles. The van der Waals surface area contributed by atoms with E-state index in [1.165, 1.54) is 19.4 Å². The van der Waals surface area contributed by atoms with Crippen LogP contribution in [-0.4, -0.2) is 30.3 Å². The van der Waals surface area contributed by atoms with Gasteiger partial charge in [-0.2, -0.15) is 5.10 Å². The Morgan fingerprint density at radius 1 is 1.06 bits per heavy atom.